The van der Waals surface area contributed by atoms with Crippen molar-refractivity contribution in [1.82, 2.24) is 10.6 Å². The molecule has 5 nitrogen and oxygen atoms in total. The Balaban J connectivity index is 0.00000243. The molecule has 0 saturated heterocycles. The Bertz CT molecular complexity index is 741. The summed E-state index contributed by atoms with van der Waals surface area (Å²) in [5.41, 5.74) is 2.21. The van der Waals surface area contributed by atoms with Gasteiger partial charge in [-0.05, 0) is 23.3 Å². The third kappa shape index (κ3) is 5.67. The van der Waals surface area contributed by atoms with E-state index in [0.29, 0.717) is 42.8 Å². The molecule has 0 saturated carbocycles. The maximum absolute atomic E-state index is 6.33. The van der Waals surface area contributed by atoms with Crippen LogP contribution in [-0.2, 0) is 13.1 Å². The lowest BCUT2D eigenvalue weighted by Crippen LogP contribution is -2.36. The largest absolute Gasteiger partial charge is 0.489 e. The van der Waals surface area contributed by atoms with Crippen molar-refractivity contribution >= 4 is 41.5 Å². The molecule has 0 aliphatic carbocycles. The maximum Gasteiger partial charge on any atom is 0.191 e. The van der Waals surface area contributed by atoms with Gasteiger partial charge in [0.15, 0.2) is 17.5 Å². The fourth-order valence-electron chi connectivity index (χ4n) is 2.57. The number of rotatable bonds is 4. The lowest BCUT2D eigenvalue weighted by Gasteiger charge is -2.14. The van der Waals surface area contributed by atoms with Crippen LogP contribution >= 0.6 is 35.6 Å². The van der Waals surface area contributed by atoms with Gasteiger partial charge in [0.25, 0.3) is 0 Å². The number of benzene rings is 2. The van der Waals surface area contributed by atoms with E-state index in [0.717, 1.165) is 17.9 Å². The fraction of sp³-hybridized carbons (Fsp3) is 0.316. The zero-order chi connectivity index (χ0) is 17.5. The number of aliphatic imine (C=N–C) groups is 1. The normalized spacial score (nSPS) is 13.4. The number of guanidine groups is 1. The lowest BCUT2D eigenvalue weighted by atomic mass is 10.2. The first-order valence-corrected chi connectivity index (χ1v) is 8.70. The van der Waals surface area contributed by atoms with Crippen LogP contribution in [0.2, 0.25) is 5.02 Å². The van der Waals surface area contributed by atoms with Gasteiger partial charge in [-0.3, -0.25) is 4.99 Å². The molecule has 0 atom stereocenters. The smallest absolute Gasteiger partial charge is 0.191 e. The molecule has 2 aromatic carbocycles. The summed E-state index contributed by atoms with van der Waals surface area (Å²) in [5.74, 6) is 2.07. The topological polar surface area (TPSA) is 54.9 Å². The van der Waals surface area contributed by atoms with Crippen LogP contribution in [0.25, 0.3) is 0 Å². The van der Waals surface area contributed by atoms with Crippen LogP contribution in [0, 0.1) is 0 Å². The number of nitrogens with one attached hydrogen (secondary N) is 2. The van der Waals surface area contributed by atoms with E-state index in [2.05, 4.69) is 27.8 Å². The molecule has 0 unspecified atom stereocenters. The van der Waals surface area contributed by atoms with E-state index >= 15 is 0 Å². The number of nitrogens with zero attached hydrogens (tertiary/aromatic N) is 1. The molecule has 0 amide bonds. The summed E-state index contributed by atoms with van der Waals surface area (Å²) >= 11 is 6.33. The SMILES string of the molecule is CN=C(NCc1ccccc1)NCc1cc(Cl)c2c(c1)OCCCO2.I. The molecule has 0 spiro atoms. The summed E-state index contributed by atoms with van der Waals surface area (Å²) in [6.45, 7) is 2.56. The first kappa shape index (κ1) is 20.6. The first-order chi connectivity index (χ1) is 12.3. The zero-order valence-electron chi connectivity index (χ0n) is 14.6. The minimum absolute atomic E-state index is 0. The standard InChI is InChI=1S/C19H22ClN3O2.HI/c1-21-19(22-12-14-6-3-2-4-7-14)23-13-15-10-16(20)18-17(11-15)24-8-5-9-25-18;/h2-4,6-7,10-11H,5,8-9,12-13H2,1H3,(H2,21,22,23);1H. The number of hydrogen-bond donors (Lipinski definition) is 2. The van der Waals surface area contributed by atoms with Crippen LogP contribution in [0.15, 0.2) is 47.5 Å². The predicted molar refractivity (Wildman–Crippen MR) is 116 cm³/mol. The molecule has 1 aliphatic heterocycles. The summed E-state index contributed by atoms with van der Waals surface area (Å²) in [7, 11) is 1.75. The quantitative estimate of drug-likeness (QED) is 0.389. The average molecular weight is 488 g/mol. The summed E-state index contributed by atoms with van der Waals surface area (Å²) in [6.07, 6.45) is 0.856. The van der Waals surface area contributed by atoms with Gasteiger partial charge in [0, 0.05) is 26.6 Å². The Hall–Kier alpha value is -1.67. The summed E-state index contributed by atoms with van der Waals surface area (Å²) in [4.78, 5) is 4.25. The lowest BCUT2D eigenvalue weighted by molar-refractivity contribution is 0.297. The second-order valence-corrected chi connectivity index (χ2v) is 6.13. The number of halogens is 2. The van der Waals surface area contributed by atoms with Crippen molar-refractivity contribution in [2.75, 3.05) is 20.3 Å². The van der Waals surface area contributed by atoms with E-state index in [1.807, 2.05) is 30.3 Å². The van der Waals surface area contributed by atoms with E-state index in [9.17, 15) is 0 Å². The zero-order valence-corrected chi connectivity index (χ0v) is 17.7. The van der Waals surface area contributed by atoms with E-state index < -0.39 is 0 Å². The third-order valence-electron chi connectivity index (χ3n) is 3.85. The molecule has 1 heterocycles. The fourth-order valence-corrected chi connectivity index (χ4v) is 2.86. The van der Waals surface area contributed by atoms with Crippen LogP contribution in [0.1, 0.15) is 17.5 Å². The Morgan fingerprint density at radius 3 is 2.46 bits per heavy atom. The first-order valence-electron chi connectivity index (χ1n) is 8.32. The molecule has 7 heteroatoms. The number of hydrogen-bond acceptors (Lipinski definition) is 3. The Morgan fingerprint density at radius 2 is 1.73 bits per heavy atom. The average Bonchev–Trinajstić information content (AvgIpc) is 2.88. The molecule has 3 rings (SSSR count). The van der Waals surface area contributed by atoms with E-state index in [4.69, 9.17) is 21.1 Å². The van der Waals surface area contributed by atoms with Crippen LogP contribution in [0.5, 0.6) is 11.5 Å². The molecule has 0 aromatic heterocycles. The second kappa shape index (κ2) is 10.5. The van der Waals surface area contributed by atoms with Gasteiger partial charge < -0.3 is 20.1 Å². The van der Waals surface area contributed by atoms with Crippen LogP contribution in [-0.4, -0.2) is 26.2 Å². The van der Waals surface area contributed by atoms with Gasteiger partial charge in [0.05, 0.1) is 18.2 Å². The second-order valence-electron chi connectivity index (χ2n) is 5.72. The minimum Gasteiger partial charge on any atom is -0.489 e. The molecular formula is C19H23ClIN3O2. The maximum atomic E-state index is 6.33. The Morgan fingerprint density at radius 1 is 1.04 bits per heavy atom. The summed E-state index contributed by atoms with van der Waals surface area (Å²) in [6, 6.07) is 14.1. The van der Waals surface area contributed by atoms with Gasteiger partial charge in [0.2, 0.25) is 0 Å². The number of fused-ring (bicyclic) bond motifs is 1. The molecule has 2 N–H and O–H groups in total. The predicted octanol–water partition coefficient (Wildman–Crippen LogP) is 3.98. The van der Waals surface area contributed by atoms with Crippen LogP contribution < -0.4 is 20.1 Å². The van der Waals surface area contributed by atoms with Crippen molar-refractivity contribution < 1.29 is 9.47 Å². The van der Waals surface area contributed by atoms with Crippen molar-refractivity contribution in [1.29, 1.82) is 0 Å². The van der Waals surface area contributed by atoms with Crippen LogP contribution in [0.3, 0.4) is 0 Å². The van der Waals surface area contributed by atoms with Crippen LogP contribution in [0.4, 0.5) is 0 Å². The molecule has 140 valence electrons. The van der Waals surface area contributed by atoms with Crippen molar-refractivity contribution in [3.63, 3.8) is 0 Å². The highest BCUT2D eigenvalue weighted by atomic mass is 127. The van der Waals surface area contributed by atoms with Gasteiger partial charge in [-0.1, -0.05) is 41.9 Å². The van der Waals surface area contributed by atoms with Gasteiger partial charge in [-0.25, -0.2) is 0 Å². The molecule has 0 bridgehead atoms. The van der Waals surface area contributed by atoms with Gasteiger partial charge in [0.1, 0.15) is 0 Å². The Kier molecular flexibility index (Phi) is 8.31. The van der Waals surface area contributed by atoms with E-state index in [1.165, 1.54) is 5.56 Å². The molecule has 1 aliphatic rings. The highest BCUT2D eigenvalue weighted by molar-refractivity contribution is 14.0. The molecular weight excluding hydrogens is 465 g/mol. The van der Waals surface area contributed by atoms with Gasteiger partial charge in [-0.15, -0.1) is 24.0 Å². The van der Waals surface area contributed by atoms with Crippen molar-refractivity contribution in [2.45, 2.75) is 19.5 Å². The highest BCUT2D eigenvalue weighted by Gasteiger charge is 2.15. The molecule has 26 heavy (non-hydrogen) atoms. The minimum atomic E-state index is 0. The summed E-state index contributed by atoms with van der Waals surface area (Å²) in [5, 5.41) is 7.15. The number of ether oxygens (including phenoxy) is 2. The van der Waals surface area contributed by atoms with Crippen molar-refractivity contribution in [3.8, 4) is 11.5 Å². The molecule has 0 fully saturated rings. The van der Waals surface area contributed by atoms with Gasteiger partial charge >= 0.3 is 0 Å². The van der Waals surface area contributed by atoms with E-state index in [1.54, 1.807) is 7.05 Å². The summed E-state index contributed by atoms with van der Waals surface area (Å²) < 4.78 is 11.4. The highest BCUT2D eigenvalue weighted by Crippen LogP contribution is 2.37. The molecule has 2 aromatic rings. The van der Waals surface area contributed by atoms with E-state index in [-0.39, 0.29) is 24.0 Å². The third-order valence-corrected chi connectivity index (χ3v) is 4.13. The Labute approximate surface area is 176 Å². The monoisotopic (exact) mass is 487 g/mol. The molecule has 0 radical (unpaired) electrons. The van der Waals surface area contributed by atoms with Gasteiger partial charge in [-0.2, -0.15) is 0 Å². The van der Waals surface area contributed by atoms with Crippen molar-refractivity contribution in [2.24, 2.45) is 4.99 Å². The van der Waals surface area contributed by atoms with Crippen molar-refractivity contribution in [3.05, 3.63) is 58.6 Å².